The number of carbonyl (C=O) groups excluding carboxylic acids is 1. The lowest BCUT2D eigenvalue weighted by Crippen LogP contribution is -2.10. The molecule has 1 aromatic carbocycles. The molecule has 2 aromatic rings. The van der Waals surface area contributed by atoms with Crippen LogP contribution in [0.2, 0.25) is 0 Å². The molecular weight excluding hydrogens is 178 g/mol. The summed E-state index contributed by atoms with van der Waals surface area (Å²) in [5.74, 6) is 0. The molecule has 0 aliphatic rings. The van der Waals surface area contributed by atoms with Gasteiger partial charge < -0.3 is 4.57 Å². The SMILES string of the molecule is Cn1c(C=O)cc(=O)c2ccccc21. The maximum atomic E-state index is 11.5. The van der Waals surface area contributed by atoms with Crippen LogP contribution in [0.1, 0.15) is 10.5 Å². The fourth-order valence-corrected chi connectivity index (χ4v) is 1.54. The second-order valence-electron chi connectivity index (χ2n) is 3.13. The molecule has 0 spiro atoms. The summed E-state index contributed by atoms with van der Waals surface area (Å²) in [6.45, 7) is 0. The van der Waals surface area contributed by atoms with Crippen LogP contribution in [0.4, 0.5) is 0 Å². The Morgan fingerprint density at radius 2 is 2.00 bits per heavy atom. The summed E-state index contributed by atoms with van der Waals surface area (Å²) >= 11 is 0. The molecule has 0 aliphatic carbocycles. The zero-order valence-corrected chi connectivity index (χ0v) is 7.73. The lowest BCUT2D eigenvalue weighted by Gasteiger charge is -2.06. The van der Waals surface area contributed by atoms with E-state index in [2.05, 4.69) is 0 Å². The van der Waals surface area contributed by atoms with Gasteiger partial charge in [-0.2, -0.15) is 0 Å². The summed E-state index contributed by atoms with van der Waals surface area (Å²) in [5, 5.41) is 0.639. The van der Waals surface area contributed by atoms with E-state index in [-0.39, 0.29) is 5.43 Å². The minimum absolute atomic E-state index is 0.110. The Labute approximate surface area is 80.6 Å². The number of hydrogen-bond acceptors (Lipinski definition) is 2. The molecule has 70 valence electrons. The van der Waals surface area contributed by atoms with Crippen molar-refractivity contribution in [1.29, 1.82) is 0 Å². The molecule has 0 saturated heterocycles. The molecule has 14 heavy (non-hydrogen) atoms. The van der Waals surface area contributed by atoms with Crippen molar-refractivity contribution in [2.75, 3.05) is 0 Å². The first-order valence-electron chi connectivity index (χ1n) is 4.28. The van der Waals surface area contributed by atoms with Crippen molar-refractivity contribution in [3.8, 4) is 0 Å². The molecule has 0 bridgehead atoms. The molecule has 3 nitrogen and oxygen atoms in total. The van der Waals surface area contributed by atoms with Gasteiger partial charge in [0, 0.05) is 18.5 Å². The summed E-state index contributed by atoms with van der Waals surface area (Å²) in [4.78, 5) is 22.2. The van der Waals surface area contributed by atoms with Crippen molar-refractivity contribution in [2.45, 2.75) is 0 Å². The average molecular weight is 187 g/mol. The van der Waals surface area contributed by atoms with Crippen molar-refractivity contribution in [3.05, 3.63) is 46.2 Å². The van der Waals surface area contributed by atoms with Gasteiger partial charge in [-0.3, -0.25) is 9.59 Å². The van der Waals surface area contributed by atoms with E-state index in [1.54, 1.807) is 17.7 Å². The highest BCUT2D eigenvalue weighted by Gasteiger charge is 2.03. The lowest BCUT2D eigenvalue weighted by atomic mass is 10.2. The zero-order valence-electron chi connectivity index (χ0n) is 7.73. The fourth-order valence-electron chi connectivity index (χ4n) is 1.54. The number of benzene rings is 1. The molecule has 0 aliphatic heterocycles. The minimum Gasteiger partial charge on any atom is -0.341 e. The Morgan fingerprint density at radius 3 is 2.71 bits per heavy atom. The quantitative estimate of drug-likeness (QED) is 0.632. The number of carbonyl (C=O) groups is 1. The van der Waals surface area contributed by atoms with Gasteiger partial charge in [0.25, 0.3) is 0 Å². The average Bonchev–Trinajstić information content (AvgIpc) is 2.23. The second kappa shape index (κ2) is 3.10. The number of rotatable bonds is 1. The van der Waals surface area contributed by atoms with Gasteiger partial charge in [0.1, 0.15) is 0 Å². The molecule has 0 radical (unpaired) electrons. The van der Waals surface area contributed by atoms with Crippen LogP contribution in [0.25, 0.3) is 10.9 Å². The predicted molar refractivity (Wildman–Crippen MR) is 54.6 cm³/mol. The molecule has 0 unspecified atom stereocenters. The second-order valence-corrected chi connectivity index (χ2v) is 3.13. The Bertz CT molecular complexity index is 555. The summed E-state index contributed by atoms with van der Waals surface area (Å²) < 4.78 is 1.71. The van der Waals surface area contributed by atoms with Crippen molar-refractivity contribution in [2.24, 2.45) is 7.05 Å². The van der Waals surface area contributed by atoms with Crippen LogP contribution >= 0.6 is 0 Å². The number of fused-ring (bicyclic) bond motifs is 1. The Balaban J connectivity index is 3.02. The minimum atomic E-state index is -0.110. The smallest absolute Gasteiger partial charge is 0.190 e. The van der Waals surface area contributed by atoms with Crippen molar-refractivity contribution >= 4 is 17.2 Å². The molecule has 0 fully saturated rings. The topological polar surface area (TPSA) is 39.1 Å². The number of para-hydroxylation sites is 1. The molecule has 0 atom stereocenters. The molecule has 2 rings (SSSR count). The van der Waals surface area contributed by atoms with E-state index in [1.807, 2.05) is 18.2 Å². The molecule has 0 saturated carbocycles. The molecule has 1 heterocycles. The number of aromatic nitrogens is 1. The molecule has 1 aromatic heterocycles. The first kappa shape index (κ1) is 8.69. The van der Waals surface area contributed by atoms with Crippen molar-refractivity contribution in [1.82, 2.24) is 4.57 Å². The number of aldehydes is 1. The molecule has 0 amide bonds. The van der Waals surface area contributed by atoms with E-state index in [0.717, 1.165) is 5.52 Å². The van der Waals surface area contributed by atoms with E-state index in [4.69, 9.17) is 0 Å². The lowest BCUT2D eigenvalue weighted by molar-refractivity contribution is 0.111. The van der Waals surface area contributed by atoms with Gasteiger partial charge in [-0.05, 0) is 12.1 Å². The third-order valence-electron chi connectivity index (χ3n) is 2.32. The number of pyridine rings is 1. The van der Waals surface area contributed by atoms with Crippen LogP contribution in [0.5, 0.6) is 0 Å². The van der Waals surface area contributed by atoms with Gasteiger partial charge in [0.2, 0.25) is 0 Å². The van der Waals surface area contributed by atoms with Gasteiger partial charge in [0.05, 0.1) is 11.2 Å². The maximum absolute atomic E-state index is 11.5. The fraction of sp³-hybridized carbons (Fsp3) is 0.0909. The van der Waals surface area contributed by atoms with Gasteiger partial charge in [-0.25, -0.2) is 0 Å². The third kappa shape index (κ3) is 1.14. The van der Waals surface area contributed by atoms with E-state index in [1.165, 1.54) is 6.07 Å². The maximum Gasteiger partial charge on any atom is 0.190 e. The van der Waals surface area contributed by atoms with Gasteiger partial charge in [0.15, 0.2) is 11.7 Å². The third-order valence-corrected chi connectivity index (χ3v) is 2.32. The van der Waals surface area contributed by atoms with Gasteiger partial charge >= 0.3 is 0 Å². The van der Waals surface area contributed by atoms with E-state index >= 15 is 0 Å². The normalized spacial score (nSPS) is 10.4. The van der Waals surface area contributed by atoms with Crippen LogP contribution in [0.15, 0.2) is 35.1 Å². The van der Waals surface area contributed by atoms with Crippen LogP contribution in [0, 0.1) is 0 Å². The Kier molecular flexibility index (Phi) is 1.93. The monoisotopic (exact) mass is 187 g/mol. The van der Waals surface area contributed by atoms with E-state index in [9.17, 15) is 9.59 Å². The van der Waals surface area contributed by atoms with Gasteiger partial charge in [-0.15, -0.1) is 0 Å². The van der Waals surface area contributed by atoms with Crippen molar-refractivity contribution in [3.63, 3.8) is 0 Å². The van der Waals surface area contributed by atoms with E-state index < -0.39 is 0 Å². The highest BCUT2D eigenvalue weighted by Crippen LogP contribution is 2.09. The number of nitrogens with zero attached hydrogens (tertiary/aromatic N) is 1. The molecule has 3 heteroatoms. The van der Waals surface area contributed by atoms with Crippen molar-refractivity contribution < 1.29 is 4.79 Å². The largest absolute Gasteiger partial charge is 0.341 e. The summed E-state index contributed by atoms with van der Waals surface area (Å²) in [6.07, 6.45) is 0.688. The summed E-state index contributed by atoms with van der Waals surface area (Å²) in [7, 11) is 1.77. The Morgan fingerprint density at radius 1 is 1.29 bits per heavy atom. The number of aryl methyl sites for hydroxylation is 1. The summed E-state index contributed by atoms with van der Waals surface area (Å²) in [5.41, 5.74) is 1.07. The van der Waals surface area contributed by atoms with Crippen LogP contribution in [0.3, 0.4) is 0 Å². The Hall–Kier alpha value is -1.90. The highest BCUT2D eigenvalue weighted by atomic mass is 16.1. The first-order valence-corrected chi connectivity index (χ1v) is 4.28. The van der Waals surface area contributed by atoms with Crippen LogP contribution < -0.4 is 5.43 Å². The molecular formula is C11H9NO2. The summed E-state index contributed by atoms with van der Waals surface area (Å²) in [6, 6.07) is 8.59. The van der Waals surface area contributed by atoms with Crippen LogP contribution in [-0.2, 0) is 7.05 Å². The zero-order chi connectivity index (χ0) is 10.1. The number of hydrogen-bond donors (Lipinski definition) is 0. The van der Waals surface area contributed by atoms with E-state index in [0.29, 0.717) is 17.4 Å². The van der Waals surface area contributed by atoms with Crippen LogP contribution in [-0.4, -0.2) is 10.9 Å². The molecule has 0 N–H and O–H groups in total. The highest BCUT2D eigenvalue weighted by molar-refractivity contribution is 5.84. The standard InChI is InChI=1S/C11H9NO2/c1-12-8(7-13)6-11(14)9-4-2-3-5-10(9)12/h2-7H,1H3. The predicted octanol–water partition coefficient (Wildman–Crippen LogP) is 1.35. The first-order chi connectivity index (χ1) is 6.74. The van der Waals surface area contributed by atoms with Gasteiger partial charge in [-0.1, -0.05) is 12.1 Å².